The number of hydrogen-bond acceptors (Lipinski definition) is 2. The second kappa shape index (κ2) is 10.6. The van der Waals surface area contributed by atoms with Crippen LogP contribution in [0.3, 0.4) is 0 Å². The fourth-order valence-electron chi connectivity index (χ4n) is 4.53. The van der Waals surface area contributed by atoms with Gasteiger partial charge in [-0.3, -0.25) is 0 Å². The second-order valence-corrected chi connectivity index (χ2v) is 12.4. The van der Waals surface area contributed by atoms with Crippen LogP contribution in [-0.2, 0) is 10.8 Å². The minimum atomic E-state index is 0.129. The van der Waals surface area contributed by atoms with Crippen LogP contribution in [0.15, 0.2) is 91.0 Å². The number of thioether (sulfide) groups is 1. The summed E-state index contributed by atoms with van der Waals surface area (Å²) in [6, 6.07) is 33.6. The molecule has 0 fully saturated rings. The third-order valence-corrected chi connectivity index (χ3v) is 7.20. The van der Waals surface area contributed by atoms with E-state index in [0.29, 0.717) is 0 Å². The van der Waals surface area contributed by atoms with E-state index in [0.717, 1.165) is 5.88 Å². The van der Waals surface area contributed by atoms with Crippen LogP contribution in [0.25, 0.3) is 33.4 Å². The van der Waals surface area contributed by atoms with Crippen molar-refractivity contribution in [3.8, 4) is 33.4 Å². The molecule has 4 rings (SSSR count). The van der Waals surface area contributed by atoms with Crippen molar-refractivity contribution in [1.82, 2.24) is 0 Å². The van der Waals surface area contributed by atoms with Crippen LogP contribution in [0.1, 0.15) is 52.7 Å². The van der Waals surface area contributed by atoms with Crippen molar-refractivity contribution in [3.63, 3.8) is 0 Å². The van der Waals surface area contributed by atoms with Crippen molar-refractivity contribution < 1.29 is 0 Å². The van der Waals surface area contributed by atoms with E-state index in [2.05, 4.69) is 144 Å². The molecule has 0 aliphatic heterocycles. The lowest BCUT2D eigenvalue weighted by Crippen LogP contribution is -2.10. The molecule has 1 nitrogen and oxygen atoms in total. The fraction of sp³-hybridized carbons (Fsp3) is 0.294. The lowest BCUT2D eigenvalue weighted by molar-refractivity contribution is 0.590. The van der Waals surface area contributed by atoms with Gasteiger partial charge in [0.25, 0.3) is 0 Å². The van der Waals surface area contributed by atoms with Crippen molar-refractivity contribution in [1.29, 1.82) is 0 Å². The summed E-state index contributed by atoms with van der Waals surface area (Å²) in [4.78, 5) is 0. The number of benzene rings is 4. The smallest absolute Gasteiger partial charge is 0.0608 e. The van der Waals surface area contributed by atoms with E-state index in [1.165, 1.54) is 50.2 Å². The van der Waals surface area contributed by atoms with Crippen molar-refractivity contribution in [2.75, 3.05) is 17.4 Å². The molecule has 0 atom stereocenters. The van der Waals surface area contributed by atoms with Gasteiger partial charge in [-0.05, 0) is 62.6 Å². The molecule has 0 heterocycles. The third-order valence-electron chi connectivity index (χ3n) is 6.76. The minimum Gasteiger partial charge on any atom is -0.375 e. The monoisotopic (exact) mass is 493 g/mol. The molecule has 0 saturated carbocycles. The maximum absolute atomic E-state index is 3.76. The molecule has 0 saturated heterocycles. The summed E-state index contributed by atoms with van der Waals surface area (Å²) in [6.07, 6.45) is 2.14. The lowest BCUT2D eigenvalue weighted by atomic mass is 9.84. The van der Waals surface area contributed by atoms with E-state index < -0.39 is 0 Å². The van der Waals surface area contributed by atoms with Crippen LogP contribution in [0.2, 0.25) is 0 Å². The van der Waals surface area contributed by atoms with Crippen molar-refractivity contribution in [2.45, 2.75) is 52.4 Å². The molecule has 36 heavy (non-hydrogen) atoms. The first kappa shape index (κ1) is 26.1. The molecule has 0 bridgehead atoms. The second-order valence-electron chi connectivity index (χ2n) is 11.6. The largest absolute Gasteiger partial charge is 0.375 e. The summed E-state index contributed by atoms with van der Waals surface area (Å²) in [5.41, 5.74) is 11.5. The summed E-state index contributed by atoms with van der Waals surface area (Å²) in [7, 11) is 0. The first-order valence-electron chi connectivity index (χ1n) is 12.8. The van der Waals surface area contributed by atoms with Gasteiger partial charge < -0.3 is 5.32 Å². The molecule has 2 heteroatoms. The Morgan fingerprint density at radius 1 is 0.556 bits per heavy atom. The number of rotatable bonds is 6. The van der Waals surface area contributed by atoms with Crippen LogP contribution in [0, 0.1) is 0 Å². The Morgan fingerprint density at radius 2 is 1.00 bits per heavy atom. The van der Waals surface area contributed by atoms with Crippen LogP contribution in [0.5, 0.6) is 0 Å². The predicted molar refractivity (Wildman–Crippen MR) is 162 cm³/mol. The molecule has 1 N–H and O–H groups in total. The van der Waals surface area contributed by atoms with Gasteiger partial charge in [0.2, 0.25) is 0 Å². The highest BCUT2D eigenvalue weighted by molar-refractivity contribution is 7.98. The maximum atomic E-state index is 3.76. The highest BCUT2D eigenvalue weighted by Gasteiger charge is 2.19. The molecule has 0 unspecified atom stereocenters. The Kier molecular flexibility index (Phi) is 7.66. The average Bonchev–Trinajstić information content (AvgIpc) is 2.86. The molecule has 0 aliphatic rings. The van der Waals surface area contributed by atoms with E-state index in [-0.39, 0.29) is 10.8 Å². The zero-order valence-electron chi connectivity index (χ0n) is 22.8. The standard InChI is InChI=1S/C34H39NS/c1-33(2,3)28-17-13-25(14-18-28)30-21-27(24-11-9-8-10-12-24)22-31(32(30)35-23-36-7)26-15-19-29(20-16-26)34(4,5)6/h8-22,35H,23H2,1-7H3. The van der Waals surface area contributed by atoms with Crippen molar-refractivity contribution >= 4 is 17.4 Å². The normalized spacial score (nSPS) is 12.0. The first-order valence-corrected chi connectivity index (χ1v) is 14.2. The third kappa shape index (κ3) is 5.87. The zero-order valence-corrected chi connectivity index (χ0v) is 23.6. The summed E-state index contributed by atoms with van der Waals surface area (Å²) in [6.45, 7) is 13.6. The molecular formula is C34H39NS. The maximum Gasteiger partial charge on any atom is 0.0608 e. The predicted octanol–water partition coefficient (Wildman–Crippen LogP) is 10.0. The van der Waals surface area contributed by atoms with Gasteiger partial charge in [-0.2, -0.15) is 0 Å². The van der Waals surface area contributed by atoms with E-state index >= 15 is 0 Å². The van der Waals surface area contributed by atoms with Crippen LogP contribution in [-0.4, -0.2) is 12.1 Å². The van der Waals surface area contributed by atoms with Gasteiger partial charge in [0.05, 0.1) is 11.6 Å². The van der Waals surface area contributed by atoms with Gasteiger partial charge in [-0.1, -0.05) is 120 Å². The number of anilines is 1. The minimum absolute atomic E-state index is 0.129. The number of nitrogens with one attached hydrogen (secondary N) is 1. The molecular weight excluding hydrogens is 454 g/mol. The summed E-state index contributed by atoms with van der Waals surface area (Å²) >= 11 is 1.81. The van der Waals surface area contributed by atoms with Gasteiger partial charge >= 0.3 is 0 Å². The Balaban J connectivity index is 1.95. The number of hydrogen-bond donors (Lipinski definition) is 1. The Hall–Kier alpha value is -2.97. The quantitative estimate of drug-likeness (QED) is 0.268. The topological polar surface area (TPSA) is 12.0 Å². The zero-order chi connectivity index (χ0) is 25.9. The van der Waals surface area contributed by atoms with E-state index in [1.54, 1.807) is 11.8 Å². The Morgan fingerprint density at radius 3 is 1.39 bits per heavy atom. The molecule has 0 radical (unpaired) electrons. The van der Waals surface area contributed by atoms with Gasteiger partial charge in [0, 0.05) is 11.1 Å². The average molecular weight is 494 g/mol. The molecule has 186 valence electrons. The molecule has 0 aliphatic carbocycles. The highest BCUT2D eigenvalue weighted by Crippen LogP contribution is 2.42. The van der Waals surface area contributed by atoms with Crippen LogP contribution >= 0.6 is 11.8 Å². The first-order chi connectivity index (χ1) is 17.1. The Labute approximate surface area is 222 Å². The lowest BCUT2D eigenvalue weighted by Gasteiger charge is -2.22. The molecule has 0 amide bonds. The van der Waals surface area contributed by atoms with Gasteiger partial charge in [-0.15, -0.1) is 11.8 Å². The SMILES string of the molecule is CSCNc1c(-c2ccc(C(C)(C)C)cc2)cc(-c2ccccc2)cc1-c1ccc(C(C)(C)C)cc1. The molecule has 4 aromatic carbocycles. The van der Waals surface area contributed by atoms with Crippen LogP contribution < -0.4 is 5.32 Å². The van der Waals surface area contributed by atoms with Crippen LogP contribution in [0.4, 0.5) is 5.69 Å². The van der Waals surface area contributed by atoms with Gasteiger partial charge in [-0.25, -0.2) is 0 Å². The molecule has 0 aromatic heterocycles. The van der Waals surface area contributed by atoms with Crippen molar-refractivity contribution in [3.05, 3.63) is 102 Å². The summed E-state index contributed by atoms with van der Waals surface area (Å²) < 4.78 is 0. The highest BCUT2D eigenvalue weighted by atomic mass is 32.2. The van der Waals surface area contributed by atoms with E-state index in [9.17, 15) is 0 Å². The van der Waals surface area contributed by atoms with Gasteiger partial charge in [0.1, 0.15) is 0 Å². The van der Waals surface area contributed by atoms with Crippen molar-refractivity contribution in [2.24, 2.45) is 0 Å². The molecule has 4 aromatic rings. The fourth-order valence-corrected chi connectivity index (χ4v) is 4.82. The van der Waals surface area contributed by atoms with E-state index in [1.807, 2.05) is 0 Å². The summed E-state index contributed by atoms with van der Waals surface area (Å²) in [5.74, 6) is 0.852. The van der Waals surface area contributed by atoms with Gasteiger partial charge in [0.15, 0.2) is 0 Å². The van der Waals surface area contributed by atoms with E-state index in [4.69, 9.17) is 0 Å². The molecule has 0 spiro atoms. The Bertz CT molecular complexity index is 1210. The summed E-state index contributed by atoms with van der Waals surface area (Å²) in [5, 5.41) is 3.76.